The predicted octanol–water partition coefficient (Wildman–Crippen LogP) is 2.27. The zero-order valence-corrected chi connectivity index (χ0v) is 11.9. The van der Waals surface area contributed by atoms with Gasteiger partial charge in [-0.05, 0) is 26.2 Å². The van der Waals surface area contributed by atoms with Crippen LogP contribution in [0.1, 0.15) is 46.5 Å². The van der Waals surface area contributed by atoms with Crippen LogP contribution in [0.3, 0.4) is 0 Å². The molecule has 1 fully saturated rings. The molecule has 1 N–H and O–H groups in total. The van der Waals surface area contributed by atoms with Gasteiger partial charge < -0.3 is 10.1 Å². The maximum atomic E-state index is 5.54. The van der Waals surface area contributed by atoms with Crippen molar-refractivity contribution in [1.29, 1.82) is 0 Å². The first-order valence-corrected chi connectivity index (χ1v) is 7.33. The lowest BCUT2D eigenvalue weighted by atomic mass is 10.1. The average Bonchev–Trinajstić information content (AvgIpc) is 2.33. The van der Waals surface area contributed by atoms with Crippen LogP contribution in [0.2, 0.25) is 0 Å². The molecule has 1 heterocycles. The van der Waals surface area contributed by atoms with Gasteiger partial charge in [0.2, 0.25) is 0 Å². The zero-order chi connectivity index (χ0) is 12.5. The number of ether oxygens (including phenoxy) is 1. The van der Waals surface area contributed by atoms with E-state index in [0.717, 1.165) is 26.2 Å². The van der Waals surface area contributed by atoms with Crippen molar-refractivity contribution in [1.82, 2.24) is 10.2 Å². The van der Waals surface area contributed by atoms with Gasteiger partial charge in [-0.3, -0.25) is 4.90 Å². The van der Waals surface area contributed by atoms with Gasteiger partial charge in [0.25, 0.3) is 0 Å². The molecule has 3 heteroatoms. The Morgan fingerprint density at radius 1 is 1.24 bits per heavy atom. The van der Waals surface area contributed by atoms with Gasteiger partial charge in [-0.15, -0.1) is 0 Å². The monoisotopic (exact) mass is 242 g/mol. The number of nitrogens with one attached hydrogen (secondary N) is 1. The molecular weight excluding hydrogens is 212 g/mol. The van der Waals surface area contributed by atoms with Crippen LogP contribution >= 0.6 is 0 Å². The van der Waals surface area contributed by atoms with Gasteiger partial charge in [0, 0.05) is 44.9 Å². The molecule has 2 unspecified atom stereocenters. The summed E-state index contributed by atoms with van der Waals surface area (Å²) >= 11 is 0. The lowest BCUT2D eigenvalue weighted by Gasteiger charge is -2.38. The molecule has 2 atom stereocenters. The molecular formula is C14H30N2O. The van der Waals surface area contributed by atoms with Crippen molar-refractivity contribution in [3.05, 3.63) is 0 Å². The number of piperazine rings is 1. The summed E-state index contributed by atoms with van der Waals surface area (Å²) in [5.41, 5.74) is 0. The normalized spacial score (nSPS) is 26.3. The zero-order valence-electron chi connectivity index (χ0n) is 11.9. The fourth-order valence-electron chi connectivity index (χ4n) is 2.46. The van der Waals surface area contributed by atoms with E-state index < -0.39 is 0 Å². The third-order valence-electron chi connectivity index (χ3n) is 3.50. The molecule has 0 bridgehead atoms. The molecule has 0 aromatic rings. The Balaban J connectivity index is 2.15. The topological polar surface area (TPSA) is 24.5 Å². The molecule has 0 spiro atoms. The van der Waals surface area contributed by atoms with Crippen LogP contribution < -0.4 is 5.32 Å². The summed E-state index contributed by atoms with van der Waals surface area (Å²) in [6, 6.07) is 1.38. The Hall–Kier alpha value is -0.120. The molecule has 0 aliphatic carbocycles. The first-order chi connectivity index (χ1) is 8.27. The highest BCUT2D eigenvalue weighted by Gasteiger charge is 2.23. The summed E-state index contributed by atoms with van der Waals surface area (Å²) in [7, 11) is 0. The summed E-state index contributed by atoms with van der Waals surface area (Å²) in [6.45, 7) is 12.1. The summed E-state index contributed by atoms with van der Waals surface area (Å²) in [5, 5.41) is 3.64. The summed E-state index contributed by atoms with van der Waals surface area (Å²) in [6.07, 6.45) is 4.88. The summed E-state index contributed by atoms with van der Waals surface area (Å²) in [5.74, 6) is 0. The maximum absolute atomic E-state index is 5.54. The van der Waals surface area contributed by atoms with E-state index in [-0.39, 0.29) is 0 Å². The van der Waals surface area contributed by atoms with Crippen LogP contribution in [0.25, 0.3) is 0 Å². The number of hydrogen-bond donors (Lipinski definition) is 1. The second kappa shape index (κ2) is 8.90. The molecule has 102 valence electrons. The highest BCUT2D eigenvalue weighted by atomic mass is 16.5. The van der Waals surface area contributed by atoms with Crippen molar-refractivity contribution in [3.63, 3.8) is 0 Å². The van der Waals surface area contributed by atoms with Gasteiger partial charge in [-0.25, -0.2) is 0 Å². The van der Waals surface area contributed by atoms with Crippen molar-refractivity contribution in [2.75, 3.05) is 32.8 Å². The number of rotatable bonds is 8. The third kappa shape index (κ3) is 5.84. The van der Waals surface area contributed by atoms with Crippen LogP contribution in [-0.4, -0.2) is 49.8 Å². The van der Waals surface area contributed by atoms with E-state index in [1.54, 1.807) is 0 Å². The quantitative estimate of drug-likeness (QED) is 0.661. The molecule has 1 aliphatic rings. The van der Waals surface area contributed by atoms with Crippen molar-refractivity contribution in [3.8, 4) is 0 Å². The Bertz CT molecular complexity index is 187. The van der Waals surface area contributed by atoms with E-state index in [2.05, 4.69) is 31.0 Å². The van der Waals surface area contributed by atoms with E-state index >= 15 is 0 Å². The highest BCUT2D eigenvalue weighted by Crippen LogP contribution is 2.10. The van der Waals surface area contributed by atoms with E-state index in [1.807, 2.05) is 0 Å². The molecule has 0 aromatic carbocycles. The van der Waals surface area contributed by atoms with Gasteiger partial charge >= 0.3 is 0 Å². The Labute approximate surface area is 107 Å². The van der Waals surface area contributed by atoms with Crippen LogP contribution in [0.15, 0.2) is 0 Å². The minimum atomic E-state index is 0.675. The Morgan fingerprint density at radius 2 is 2.06 bits per heavy atom. The second-order valence-electron chi connectivity index (χ2n) is 5.20. The SMILES string of the molecule is CCCOCCCN1CC(CCC)NCC1C. The van der Waals surface area contributed by atoms with Gasteiger partial charge in [-0.1, -0.05) is 20.3 Å². The van der Waals surface area contributed by atoms with Crippen LogP contribution in [0.5, 0.6) is 0 Å². The van der Waals surface area contributed by atoms with Gasteiger partial charge in [0.15, 0.2) is 0 Å². The minimum absolute atomic E-state index is 0.675. The highest BCUT2D eigenvalue weighted by molar-refractivity contribution is 4.83. The maximum Gasteiger partial charge on any atom is 0.0478 e. The molecule has 17 heavy (non-hydrogen) atoms. The number of nitrogens with zero attached hydrogens (tertiary/aromatic N) is 1. The smallest absolute Gasteiger partial charge is 0.0478 e. The fourth-order valence-corrected chi connectivity index (χ4v) is 2.46. The van der Waals surface area contributed by atoms with Crippen molar-refractivity contribution < 1.29 is 4.74 Å². The Kier molecular flexibility index (Phi) is 7.82. The first-order valence-electron chi connectivity index (χ1n) is 7.33. The van der Waals surface area contributed by atoms with Crippen molar-refractivity contribution in [2.45, 2.75) is 58.5 Å². The van der Waals surface area contributed by atoms with E-state index in [0.29, 0.717) is 12.1 Å². The van der Waals surface area contributed by atoms with E-state index in [9.17, 15) is 0 Å². The minimum Gasteiger partial charge on any atom is -0.381 e. The molecule has 1 rings (SSSR count). The molecule has 0 aromatic heterocycles. The summed E-state index contributed by atoms with van der Waals surface area (Å²) < 4.78 is 5.54. The molecule has 0 radical (unpaired) electrons. The Morgan fingerprint density at radius 3 is 2.76 bits per heavy atom. The lowest BCUT2D eigenvalue weighted by molar-refractivity contribution is 0.0960. The van der Waals surface area contributed by atoms with Crippen LogP contribution in [-0.2, 0) is 4.74 Å². The lowest BCUT2D eigenvalue weighted by Crippen LogP contribution is -2.55. The van der Waals surface area contributed by atoms with Crippen LogP contribution in [0.4, 0.5) is 0 Å². The van der Waals surface area contributed by atoms with Gasteiger partial charge in [0.1, 0.15) is 0 Å². The van der Waals surface area contributed by atoms with E-state index in [1.165, 1.54) is 32.4 Å². The predicted molar refractivity (Wildman–Crippen MR) is 73.5 cm³/mol. The largest absolute Gasteiger partial charge is 0.381 e. The average molecular weight is 242 g/mol. The van der Waals surface area contributed by atoms with E-state index in [4.69, 9.17) is 4.74 Å². The first kappa shape index (κ1) is 14.9. The molecule has 1 aliphatic heterocycles. The van der Waals surface area contributed by atoms with Crippen molar-refractivity contribution in [2.24, 2.45) is 0 Å². The standard InChI is InChI=1S/C14H30N2O/c1-4-7-14-12-16(13(3)11-15-14)8-6-10-17-9-5-2/h13-15H,4-12H2,1-3H3. The summed E-state index contributed by atoms with van der Waals surface area (Å²) in [4.78, 5) is 2.62. The molecule has 1 saturated heterocycles. The van der Waals surface area contributed by atoms with Crippen molar-refractivity contribution >= 4 is 0 Å². The van der Waals surface area contributed by atoms with Crippen LogP contribution in [0, 0.1) is 0 Å². The fraction of sp³-hybridized carbons (Fsp3) is 1.00. The molecule has 0 saturated carbocycles. The number of hydrogen-bond acceptors (Lipinski definition) is 3. The molecule has 3 nitrogen and oxygen atoms in total. The third-order valence-corrected chi connectivity index (χ3v) is 3.50. The van der Waals surface area contributed by atoms with Gasteiger partial charge in [-0.2, -0.15) is 0 Å². The second-order valence-corrected chi connectivity index (χ2v) is 5.20. The van der Waals surface area contributed by atoms with Gasteiger partial charge in [0.05, 0.1) is 0 Å². The molecule has 0 amide bonds.